The average Bonchev–Trinajstić information content (AvgIpc) is 2.93. The first-order valence-electron chi connectivity index (χ1n) is 7.24. The van der Waals surface area contributed by atoms with E-state index in [-0.39, 0.29) is 5.69 Å². The number of halogens is 1. The minimum absolute atomic E-state index is 0.00419. The Labute approximate surface area is 143 Å². The van der Waals surface area contributed by atoms with Crippen molar-refractivity contribution in [2.45, 2.75) is 18.4 Å². The van der Waals surface area contributed by atoms with E-state index in [1.54, 1.807) is 49.4 Å². The molecule has 1 aliphatic heterocycles. The van der Waals surface area contributed by atoms with Crippen molar-refractivity contribution in [1.82, 2.24) is 0 Å². The van der Waals surface area contributed by atoms with E-state index in [0.29, 0.717) is 16.3 Å². The molecule has 6 heteroatoms. The van der Waals surface area contributed by atoms with Gasteiger partial charge in [-0.25, -0.2) is 0 Å². The Morgan fingerprint density at radius 1 is 1.21 bits per heavy atom. The van der Waals surface area contributed by atoms with Crippen molar-refractivity contribution in [1.29, 1.82) is 5.26 Å². The molecule has 0 amide bonds. The zero-order chi connectivity index (χ0) is 17.3. The van der Waals surface area contributed by atoms with E-state index in [0.717, 1.165) is 5.56 Å². The van der Waals surface area contributed by atoms with Gasteiger partial charge in [0.2, 0.25) is 0 Å². The van der Waals surface area contributed by atoms with E-state index in [2.05, 4.69) is 6.07 Å². The van der Waals surface area contributed by atoms with Gasteiger partial charge in [-0.2, -0.15) is 5.26 Å². The van der Waals surface area contributed by atoms with E-state index in [4.69, 9.17) is 16.3 Å². The van der Waals surface area contributed by atoms with Gasteiger partial charge in [0.05, 0.1) is 16.8 Å². The maximum atomic E-state index is 10.8. The lowest BCUT2D eigenvalue weighted by Gasteiger charge is -2.27. The summed E-state index contributed by atoms with van der Waals surface area (Å²) in [5, 5.41) is 21.3. The second-order valence-corrected chi connectivity index (χ2v) is 6.03. The fourth-order valence-electron chi connectivity index (χ4n) is 2.93. The smallest absolute Gasteiger partial charge is 0.269 e. The summed E-state index contributed by atoms with van der Waals surface area (Å²) >= 11 is 5.94. The molecule has 120 valence electrons. The standard InChI is InChI=1S/C18H13ClN2O3/c1-12-10-18(11-20,14-4-6-15(19)7-5-14)17(24-12)13-2-8-16(9-3-13)21(22)23/h2-10,17H,1H3/t17-,18+/m1/s1. The minimum Gasteiger partial charge on any atom is -0.488 e. The normalized spacial score (nSPS) is 22.4. The van der Waals surface area contributed by atoms with Crippen LogP contribution in [0, 0.1) is 21.4 Å². The fourth-order valence-corrected chi connectivity index (χ4v) is 3.05. The number of benzene rings is 2. The van der Waals surface area contributed by atoms with Gasteiger partial charge in [0.1, 0.15) is 11.5 Å². The molecule has 2 aromatic carbocycles. The maximum absolute atomic E-state index is 10.8. The average molecular weight is 341 g/mol. The van der Waals surface area contributed by atoms with Crippen LogP contribution in [0.5, 0.6) is 0 Å². The first kappa shape index (κ1) is 16.0. The predicted octanol–water partition coefficient (Wildman–Crippen LogP) is 4.68. The van der Waals surface area contributed by atoms with E-state index in [1.807, 2.05) is 0 Å². The molecule has 0 saturated heterocycles. The van der Waals surface area contributed by atoms with Gasteiger partial charge in [-0.05, 0) is 48.4 Å². The Hall–Kier alpha value is -2.84. The number of nitrogens with zero attached hydrogens (tertiary/aromatic N) is 2. The lowest BCUT2D eigenvalue weighted by molar-refractivity contribution is -0.384. The van der Waals surface area contributed by atoms with Crippen LogP contribution in [0.3, 0.4) is 0 Å². The molecule has 1 heterocycles. The van der Waals surface area contributed by atoms with E-state index < -0.39 is 16.4 Å². The van der Waals surface area contributed by atoms with Crippen LogP contribution in [-0.2, 0) is 10.2 Å². The van der Waals surface area contributed by atoms with Crippen molar-refractivity contribution >= 4 is 17.3 Å². The van der Waals surface area contributed by atoms with E-state index in [1.165, 1.54) is 12.1 Å². The summed E-state index contributed by atoms with van der Waals surface area (Å²) in [6.07, 6.45) is 1.20. The molecular formula is C18H13ClN2O3. The van der Waals surface area contributed by atoms with Crippen LogP contribution in [0.25, 0.3) is 0 Å². The molecule has 0 N–H and O–H groups in total. The van der Waals surface area contributed by atoms with Gasteiger partial charge in [-0.1, -0.05) is 23.7 Å². The number of allylic oxidation sites excluding steroid dienone is 1. The maximum Gasteiger partial charge on any atom is 0.269 e. The summed E-state index contributed by atoms with van der Waals surface area (Å²) in [6, 6.07) is 15.5. The molecule has 0 bridgehead atoms. The van der Waals surface area contributed by atoms with Crippen LogP contribution in [0.2, 0.25) is 5.02 Å². The number of nitro groups is 1. The van der Waals surface area contributed by atoms with E-state index in [9.17, 15) is 15.4 Å². The highest BCUT2D eigenvalue weighted by molar-refractivity contribution is 6.30. The Kier molecular flexibility index (Phi) is 4.00. The number of hydrogen-bond donors (Lipinski definition) is 0. The SMILES string of the molecule is CC1=C[C@](C#N)(c2ccc(Cl)cc2)[C@@H](c2ccc([N+](=O)[O-])cc2)O1. The number of nitro benzene ring substituents is 1. The highest BCUT2D eigenvalue weighted by Gasteiger charge is 2.46. The molecule has 2 atom stereocenters. The monoisotopic (exact) mass is 340 g/mol. The van der Waals surface area contributed by atoms with Crippen LogP contribution in [0.1, 0.15) is 24.2 Å². The van der Waals surface area contributed by atoms with Crippen LogP contribution >= 0.6 is 11.6 Å². The van der Waals surface area contributed by atoms with Crippen LogP contribution < -0.4 is 0 Å². The van der Waals surface area contributed by atoms with Crippen molar-refractivity contribution in [2.24, 2.45) is 0 Å². The highest BCUT2D eigenvalue weighted by atomic mass is 35.5. The third-order valence-electron chi connectivity index (χ3n) is 4.06. The Bertz CT molecular complexity index is 853. The Morgan fingerprint density at radius 3 is 2.38 bits per heavy atom. The summed E-state index contributed by atoms with van der Waals surface area (Å²) < 4.78 is 5.87. The van der Waals surface area contributed by atoms with Gasteiger partial charge in [0, 0.05) is 17.2 Å². The lowest BCUT2D eigenvalue weighted by atomic mass is 9.75. The molecule has 1 aliphatic rings. The number of nitriles is 1. The van der Waals surface area contributed by atoms with Crippen LogP contribution in [-0.4, -0.2) is 4.92 Å². The number of rotatable bonds is 3. The lowest BCUT2D eigenvalue weighted by Crippen LogP contribution is -2.27. The van der Waals surface area contributed by atoms with Crippen LogP contribution in [0.4, 0.5) is 5.69 Å². The summed E-state index contributed by atoms with van der Waals surface area (Å²) in [5.41, 5.74) is 0.445. The predicted molar refractivity (Wildman–Crippen MR) is 89.4 cm³/mol. The second-order valence-electron chi connectivity index (χ2n) is 5.59. The summed E-state index contributed by atoms with van der Waals surface area (Å²) in [4.78, 5) is 10.4. The van der Waals surface area contributed by atoms with E-state index >= 15 is 0 Å². The number of ether oxygens (including phenoxy) is 1. The molecule has 0 aromatic heterocycles. The molecule has 24 heavy (non-hydrogen) atoms. The van der Waals surface area contributed by atoms with Gasteiger partial charge in [0.25, 0.3) is 5.69 Å². The Balaban J connectivity index is 2.08. The van der Waals surface area contributed by atoms with Crippen molar-refractivity contribution in [2.75, 3.05) is 0 Å². The van der Waals surface area contributed by atoms with Crippen LogP contribution in [0.15, 0.2) is 60.4 Å². The molecule has 0 saturated carbocycles. The molecule has 3 rings (SSSR count). The zero-order valence-corrected chi connectivity index (χ0v) is 13.5. The largest absolute Gasteiger partial charge is 0.488 e. The molecular weight excluding hydrogens is 328 g/mol. The van der Waals surface area contributed by atoms with Gasteiger partial charge >= 0.3 is 0 Å². The Morgan fingerprint density at radius 2 is 1.83 bits per heavy atom. The molecule has 0 aliphatic carbocycles. The number of hydrogen-bond acceptors (Lipinski definition) is 4. The fraction of sp³-hybridized carbons (Fsp3) is 0.167. The van der Waals surface area contributed by atoms with Gasteiger partial charge in [-0.15, -0.1) is 0 Å². The van der Waals surface area contributed by atoms with Crippen molar-refractivity contribution < 1.29 is 9.66 Å². The molecule has 0 spiro atoms. The quantitative estimate of drug-likeness (QED) is 0.600. The molecule has 2 aromatic rings. The summed E-state index contributed by atoms with van der Waals surface area (Å²) in [5.74, 6) is 0.634. The molecule has 0 radical (unpaired) electrons. The second kappa shape index (κ2) is 5.99. The highest BCUT2D eigenvalue weighted by Crippen LogP contribution is 2.47. The van der Waals surface area contributed by atoms with Crippen molar-refractivity contribution in [3.05, 3.63) is 86.6 Å². The first-order chi connectivity index (χ1) is 11.5. The third kappa shape index (κ3) is 2.61. The van der Waals surface area contributed by atoms with Gasteiger partial charge in [0.15, 0.2) is 0 Å². The third-order valence-corrected chi connectivity index (χ3v) is 4.31. The van der Waals surface area contributed by atoms with Gasteiger partial charge < -0.3 is 4.74 Å². The van der Waals surface area contributed by atoms with Gasteiger partial charge in [-0.3, -0.25) is 10.1 Å². The van der Waals surface area contributed by atoms with Crippen molar-refractivity contribution in [3.8, 4) is 6.07 Å². The molecule has 0 unspecified atom stereocenters. The summed E-state index contributed by atoms with van der Waals surface area (Å²) in [6.45, 7) is 1.79. The molecule has 5 nitrogen and oxygen atoms in total. The minimum atomic E-state index is -1.01. The molecule has 0 fully saturated rings. The van der Waals surface area contributed by atoms with Crippen molar-refractivity contribution in [3.63, 3.8) is 0 Å². The number of non-ortho nitro benzene ring substituents is 1. The summed E-state index contributed by atoms with van der Waals surface area (Å²) in [7, 11) is 0. The zero-order valence-electron chi connectivity index (χ0n) is 12.8. The topological polar surface area (TPSA) is 76.2 Å². The first-order valence-corrected chi connectivity index (χ1v) is 7.62.